The molecule has 0 bridgehead atoms. The third-order valence-electron chi connectivity index (χ3n) is 3.07. The van der Waals surface area contributed by atoms with E-state index in [4.69, 9.17) is 33.0 Å². The van der Waals surface area contributed by atoms with Gasteiger partial charge in [0.05, 0.1) is 13.2 Å². The maximum atomic E-state index is 8.83. The van der Waals surface area contributed by atoms with Gasteiger partial charge in [0.1, 0.15) is 18.9 Å². The van der Waals surface area contributed by atoms with Crippen molar-refractivity contribution in [2.45, 2.75) is 13.2 Å². The Hall–Kier alpha value is -1.26. The molecule has 2 aromatic carbocycles. The van der Waals surface area contributed by atoms with E-state index in [0.29, 0.717) is 23.2 Å². The van der Waals surface area contributed by atoms with Gasteiger partial charge in [0.25, 0.3) is 0 Å². The highest BCUT2D eigenvalue weighted by molar-refractivity contribution is 6.35. The average molecular weight is 327 g/mol. The van der Waals surface area contributed by atoms with E-state index in [-0.39, 0.29) is 6.61 Å². The minimum absolute atomic E-state index is 0.170. The zero-order valence-corrected chi connectivity index (χ0v) is 13.1. The maximum Gasteiger partial charge on any atom is 0.128 e. The molecule has 0 unspecified atom stereocenters. The van der Waals surface area contributed by atoms with E-state index in [9.17, 15) is 0 Å². The van der Waals surface area contributed by atoms with Gasteiger partial charge in [-0.25, -0.2) is 0 Å². The zero-order chi connectivity index (χ0) is 15.1. The SMILES string of the molecule is OCC[NH2+]Cc1ccccc1OCc1ccc(Cl)cc1Cl. The normalized spacial score (nSPS) is 10.6. The lowest BCUT2D eigenvalue weighted by Crippen LogP contribution is -2.83. The Bertz CT molecular complexity index is 590. The summed E-state index contributed by atoms with van der Waals surface area (Å²) in [6.45, 7) is 2.01. The summed E-state index contributed by atoms with van der Waals surface area (Å²) in [6.07, 6.45) is 0. The third-order valence-corrected chi connectivity index (χ3v) is 3.66. The van der Waals surface area contributed by atoms with Crippen molar-refractivity contribution in [2.75, 3.05) is 13.2 Å². The number of halogens is 2. The third kappa shape index (κ3) is 4.90. The predicted molar refractivity (Wildman–Crippen MR) is 84.8 cm³/mol. The second kappa shape index (κ2) is 8.25. The maximum absolute atomic E-state index is 8.83. The smallest absolute Gasteiger partial charge is 0.128 e. The first-order chi connectivity index (χ1) is 10.2. The lowest BCUT2D eigenvalue weighted by Gasteiger charge is -2.11. The Morgan fingerprint density at radius 3 is 2.62 bits per heavy atom. The molecule has 0 heterocycles. The molecular formula is C16H18Cl2NO2+. The summed E-state index contributed by atoms with van der Waals surface area (Å²) >= 11 is 12.0. The largest absolute Gasteiger partial charge is 0.488 e. The molecule has 3 nitrogen and oxygen atoms in total. The van der Waals surface area contributed by atoms with Gasteiger partial charge >= 0.3 is 0 Å². The highest BCUT2D eigenvalue weighted by atomic mass is 35.5. The summed E-state index contributed by atoms with van der Waals surface area (Å²) in [4.78, 5) is 0. The van der Waals surface area contributed by atoms with Crippen LogP contribution in [0.25, 0.3) is 0 Å². The standard InChI is InChI=1S/C16H17Cl2NO2/c17-14-6-5-13(15(18)9-14)11-21-16-4-2-1-3-12(16)10-19-7-8-20/h1-6,9,19-20H,7-8,10-11H2/p+1. The Balaban J connectivity index is 2.02. The molecule has 0 saturated heterocycles. The van der Waals surface area contributed by atoms with Gasteiger partial charge in [0.15, 0.2) is 0 Å². The summed E-state index contributed by atoms with van der Waals surface area (Å²) in [5.74, 6) is 0.831. The molecule has 3 N–H and O–H groups in total. The monoisotopic (exact) mass is 326 g/mol. The quantitative estimate of drug-likeness (QED) is 0.768. The van der Waals surface area contributed by atoms with E-state index < -0.39 is 0 Å². The summed E-state index contributed by atoms with van der Waals surface area (Å²) < 4.78 is 5.86. The van der Waals surface area contributed by atoms with E-state index in [1.54, 1.807) is 12.1 Å². The lowest BCUT2D eigenvalue weighted by molar-refractivity contribution is -0.671. The first-order valence-corrected chi connectivity index (χ1v) is 7.53. The fourth-order valence-electron chi connectivity index (χ4n) is 1.96. The van der Waals surface area contributed by atoms with Gasteiger partial charge in [-0.2, -0.15) is 0 Å². The van der Waals surface area contributed by atoms with Gasteiger partial charge in [-0.05, 0) is 24.3 Å². The second-order valence-corrected chi connectivity index (χ2v) is 5.48. The van der Waals surface area contributed by atoms with Crippen LogP contribution in [0.4, 0.5) is 0 Å². The number of rotatable bonds is 7. The summed E-state index contributed by atoms with van der Waals surface area (Å²) in [6, 6.07) is 13.2. The lowest BCUT2D eigenvalue weighted by atomic mass is 10.2. The van der Waals surface area contributed by atoms with Crippen molar-refractivity contribution in [1.29, 1.82) is 0 Å². The molecule has 0 amide bonds. The number of ether oxygens (including phenoxy) is 1. The van der Waals surface area contributed by atoms with Crippen molar-refractivity contribution in [3.05, 3.63) is 63.6 Å². The molecule has 21 heavy (non-hydrogen) atoms. The Morgan fingerprint density at radius 2 is 1.86 bits per heavy atom. The zero-order valence-electron chi connectivity index (χ0n) is 11.6. The molecule has 0 aliphatic carbocycles. The van der Waals surface area contributed by atoms with Crippen LogP contribution in [0.1, 0.15) is 11.1 Å². The summed E-state index contributed by atoms with van der Waals surface area (Å²) in [5, 5.41) is 12.1. The van der Waals surface area contributed by atoms with Crippen LogP contribution in [0, 0.1) is 0 Å². The van der Waals surface area contributed by atoms with Crippen molar-refractivity contribution in [3.8, 4) is 5.75 Å². The van der Waals surface area contributed by atoms with Crippen molar-refractivity contribution in [3.63, 3.8) is 0 Å². The minimum atomic E-state index is 0.170. The van der Waals surface area contributed by atoms with Gasteiger partial charge in [-0.3, -0.25) is 0 Å². The fraction of sp³-hybridized carbons (Fsp3) is 0.250. The van der Waals surface area contributed by atoms with Crippen LogP contribution in [0.3, 0.4) is 0 Å². The highest BCUT2D eigenvalue weighted by Gasteiger charge is 2.07. The molecule has 0 aromatic heterocycles. The van der Waals surface area contributed by atoms with Crippen LogP contribution >= 0.6 is 23.2 Å². The van der Waals surface area contributed by atoms with E-state index in [1.807, 2.05) is 35.6 Å². The first-order valence-electron chi connectivity index (χ1n) is 6.78. The number of hydrogen-bond acceptors (Lipinski definition) is 2. The molecule has 0 radical (unpaired) electrons. The van der Waals surface area contributed by atoms with Gasteiger partial charge < -0.3 is 15.2 Å². The van der Waals surface area contributed by atoms with Crippen molar-refractivity contribution in [1.82, 2.24) is 0 Å². The van der Waals surface area contributed by atoms with E-state index in [0.717, 1.165) is 23.4 Å². The molecule has 112 valence electrons. The molecule has 0 aliphatic heterocycles. The number of benzene rings is 2. The first kappa shape index (κ1) is 16.1. The van der Waals surface area contributed by atoms with Gasteiger partial charge in [0.2, 0.25) is 0 Å². The molecular weight excluding hydrogens is 309 g/mol. The molecule has 0 spiro atoms. The van der Waals surface area contributed by atoms with Crippen LogP contribution in [0.2, 0.25) is 10.0 Å². The van der Waals surface area contributed by atoms with Crippen LogP contribution in [0.5, 0.6) is 5.75 Å². The molecule has 0 saturated carbocycles. The molecule has 0 fully saturated rings. The molecule has 0 aliphatic rings. The number of hydrogen-bond donors (Lipinski definition) is 2. The Labute approximate surface area is 134 Å². The number of aliphatic hydroxyl groups is 1. The summed E-state index contributed by atoms with van der Waals surface area (Å²) in [7, 11) is 0. The minimum Gasteiger partial charge on any atom is -0.488 e. The number of para-hydroxylation sites is 1. The number of nitrogens with two attached hydrogens (primary N) is 1. The second-order valence-electron chi connectivity index (χ2n) is 4.64. The molecule has 2 aromatic rings. The molecule has 0 atom stereocenters. The van der Waals surface area contributed by atoms with Gasteiger partial charge in [-0.15, -0.1) is 0 Å². The summed E-state index contributed by atoms with van der Waals surface area (Å²) in [5.41, 5.74) is 1.99. The average Bonchev–Trinajstić information content (AvgIpc) is 2.48. The number of quaternary nitrogens is 1. The highest BCUT2D eigenvalue weighted by Crippen LogP contribution is 2.24. The Kier molecular flexibility index (Phi) is 6.33. The van der Waals surface area contributed by atoms with Crippen LogP contribution < -0.4 is 10.1 Å². The van der Waals surface area contributed by atoms with E-state index in [2.05, 4.69) is 0 Å². The van der Waals surface area contributed by atoms with Gasteiger partial charge in [0, 0.05) is 21.2 Å². The molecule has 2 rings (SSSR count). The van der Waals surface area contributed by atoms with Crippen LogP contribution in [-0.2, 0) is 13.2 Å². The van der Waals surface area contributed by atoms with E-state index in [1.165, 1.54) is 0 Å². The van der Waals surface area contributed by atoms with Crippen LogP contribution in [-0.4, -0.2) is 18.3 Å². The predicted octanol–water partition coefficient (Wildman–Crippen LogP) is 2.63. The van der Waals surface area contributed by atoms with Crippen molar-refractivity contribution >= 4 is 23.2 Å². The van der Waals surface area contributed by atoms with Gasteiger partial charge in [-0.1, -0.05) is 41.4 Å². The topological polar surface area (TPSA) is 46.1 Å². The van der Waals surface area contributed by atoms with Crippen molar-refractivity contribution in [2.24, 2.45) is 0 Å². The number of aliphatic hydroxyl groups excluding tert-OH is 1. The van der Waals surface area contributed by atoms with E-state index >= 15 is 0 Å². The Morgan fingerprint density at radius 1 is 1.05 bits per heavy atom. The molecule has 5 heteroatoms. The van der Waals surface area contributed by atoms with Crippen LogP contribution in [0.15, 0.2) is 42.5 Å². The fourth-order valence-corrected chi connectivity index (χ4v) is 2.42. The van der Waals surface area contributed by atoms with Crippen molar-refractivity contribution < 1.29 is 15.2 Å².